The highest BCUT2D eigenvalue weighted by Gasteiger charge is 2.15. The number of carbonyl (C=O) groups is 1. The fourth-order valence-corrected chi connectivity index (χ4v) is 1.63. The molecule has 0 aliphatic rings. The van der Waals surface area contributed by atoms with Crippen LogP contribution in [0.3, 0.4) is 0 Å². The van der Waals surface area contributed by atoms with Crippen LogP contribution in [0.5, 0.6) is 11.5 Å². The van der Waals surface area contributed by atoms with Gasteiger partial charge in [-0.25, -0.2) is 4.79 Å². The fraction of sp³-hybridized carbons (Fsp3) is 0.500. The van der Waals surface area contributed by atoms with Crippen molar-refractivity contribution in [2.24, 2.45) is 0 Å². The molecule has 0 aliphatic heterocycles. The van der Waals surface area contributed by atoms with Crippen molar-refractivity contribution >= 4 is 11.7 Å². The molecule has 1 atom stereocenters. The van der Waals surface area contributed by atoms with Crippen molar-refractivity contribution in [3.63, 3.8) is 0 Å². The number of hydrogen-bond donors (Lipinski definition) is 1. The number of methoxy groups -OCH3 is 1. The maximum atomic E-state index is 11.4. The number of ether oxygens (including phenoxy) is 3. The molecule has 0 aliphatic carbocycles. The van der Waals surface area contributed by atoms with Crippen LogP contribution in [0.1, 0.15) is 20.8 Å². The molecular weight excluding hydrogens is 246 g/mol. The highest BCUT2D eigenvalue weighted by Crippen LogP contribution is 2.30. The molecule has 0 fully saturated rings. The summed E-state index contributed by atoms with van der Waals surface area (Å²) in [5.74, 6) is 1.08. The zero-order valence-corrected chi connectivity index (χ0v) is 11.9. The highest BCUT2D eigenvalue weighted by atomic mass is 16.5. The van der Waals surface area contributed by atoms with Gasteiger partial charge in [0.05, 0.1) is 26.0 Å². The third-order valence-electron chi connectivity index (χ3n) is 2.49. The lowest BCUT2D eigenvalue weighted by Gasteiger charge is -2.17. The Balaban J connectivity index is 2.92. The number of hydrogen-bond acceptors (Lipinski definition) is 5. The molecule has 1 aromatic carbocycles. The Bertz CT molecular complexity index is 420. The summed E-state index contributed by atoms with van der Waals surface area (Å²) in [4.78, 5) is 11.4. The first-order valence-corrected chi connectivity index (χ1v) is 6.36. The summed E-state index contributed by atoms with van der Waals surface area (Å²) in [6, 6.07) is 5.01. The van der Waals surface area contributed by atoms with Crippen LogP contribution in [0.4, 0.5) is 5.69 Å². The summed E-state index contributed by atoms with van der Waals surface area (Å²) < 4.78 is 15.6. The quantitative estimate of drug-likeness (QED) is 0.769. The molecule has 106 valence electrons. The second kappa shape index (κ2) is 7.51. The minimum Gasteiger partial charge on any atom is -0.494 e. The number of anilines is 1. The molecule has 0 saturated carbocycles. The normalized spacial score (nSPS) is 11.6. The van der Waals surface area contributed by atoms with Gasteiger partial charge in [-0.3, -0.25) is 0 Å². The van der Waals surface area contributed by atoms with Gasteiger partial charge in [-0.2, -0.15) is 0 Å². The lowest BCUT2D eigenvalue weighted by molar-refractivity contribution is -0.141. The summed E-state index contributed by atoms with van der Waals surface area (Å²) in [5, 5.41) is 3.07. The molecule has 0 heterocycles. The Kier molecular flexibility index (Phi) is 5.99. The number of benzene rings is 1. The molecule has 19 heavy (non-hydrogen) atoms. The van der Waals surface area contributed by atoms with Gasteiger partial charge >= 0.3 is 5.97 Å². The van der Waals surface area contributed by atoms with Gasteiger partial charge in [0.2, 0.25) is 0 Å². The van der Waals surface area contributed by atoms with Crippen molar-refractivity contribution in [1.29, 1.82) is 0 Å². The van der Waals surface area contributed by atoms with E-state index in [0.717, 1.165) is 5.75 Å². The maximum Gasteiger partial charge on any atom is 0.327 e. The summed E-state index contributed by atoms with van der Waals surface area (Å²) in [7, 11) is 1.36. The van der Waals surface area contributed by atoms with Gasteiger partial charge in [-0.05, 0) is 32.9 Å². The van der Waals surface area contributed by atoms with Crippen LogP contribution < -0.4 is 14.8 Å². The number of carbonyl (C=O) groups excluding carboxylic acids is 1. The van der Waals surface area contributed by atoms with E-state index in [0.29, 0.717) is 24.7 Å². The van der Waals surface area contributed by atoms with E-state index in [4.69, 9.17) is 9.47 Å². The summed E-state index contributed by atoms with van der Waals surface area (Å²) in [5.41, 5.74) is 0.714. The van der Waals surface area contributed by atoms with Crippen LogP contribution >= 0.6 is 0 Å². The third-order valence-corrected chi connectivity index (χ3v) is 2.49. The fourth-order valence-electron chi connectivity index (χ4n) is 1.63. The Morgan fingerprint density at radius 2 is 1.95 bits per heavy atom. The minimum atomic E-state index is -0.457. The van der Waals surface area contributed by atoms with E-state index in [1.807, 2.05) is 32.0 Å². The Morgan fingerprint density at radius 1 is 1.26 bits per heavy atom. The van der Waals surface area contributed by atoms with E-state index in [9.17, 15) is 4.79 Å². The molecule has 1 N–H and O–H groups in total. The van der Waals surface area contributed by atoms with Crippen LogP contribution in [-0.4, -0.2) is 32.3 Å². The van der Waals surface area contributed by atoms with E-state index in [2.05, 4.69) is 10.1 Å². The number of nitrogens with one attached hydrogen (secondary N) is 1. The van der Waals surface area contributed by atoms with E-state index < -0.39 is 6.04 Å². The largest absolute Gasteiger partial charge is 0.494 e. The van der Waals surface area contributed by atoms with Crippen LogP contribution in [-0.2, 0) is 9.53 Å². The van der Waals surface area contributed by atoms with E-state index in [1.165, 1.54) is 7.11 Å². The van der Waals surface area contributed by atoms with Crippen molar-refractivity contribution in [2.45, 2.75) is 26.8 Å². The predicted octanol–water partition coefficient (Wildman–Crippen LogP) is 2.46. The summed E-state index contributed by atoms with van der Waals surface area (Å²) >= 11 is 0. The molecule has 0 bridgehead atoms. The van der Waals surface area contributed by atoms with Gasteiger partial charge in [-0.1, -0.05) is 0 Å². The predicted molar refractivity (Wildman–Crippen MR) is 73.9 cm³/mol. The van der Waals surface area contributed by atoms with E-state index in [-0.39, 0.29) is 5.97 Å². The molecule has 1 aromatic rings. The first-order valence-electron chi connectivity index (χ1n) is 6.36. The standard InChI is InChI=1S/C14H21NO4/c1-5-18-11-7-8-13(19-6-2)12(9-11)15-10(3)14(16)17-4/h7-10,15H,5-6H2,1-4H3. The van der Waals surface area contributed by atoms with Crippen molar-refractivity contribution in [3.05, 3.63) is 18.2 Å². The second-order valence-corrected chi connectivity index (χ2v) is 3.91. The number of esters is 1. The topological polar surface area (TPSA) is 56.8 Å². The zero-order chi connectivity index (χ0) is 14.3. The van der Waals surface area contributed by atoms with Gasteiger partial charge in [0, 0.05) is 6.07 Å². The van der Waals surface area contributed by atoms with Crippen molar-refractivity contribution in [3.8, 4) is 11.5 Å². The second-order valence-electron chi connectivity index (χ2n) is 3.91. The zero-order valence-electron chi connectivity index (χ0n) is 11.9. The monoisotopic (exact) mass is 267 g/mol. The molecule has 0 spiro atoms. The van der Waals surface area contributed by atoms with Crippen LogP contribution in [0.2, 0.25) is 0 Å². The van der Waals surface area contributed by atoms with Crippen molar-refractivity contribution in [2.75, 3.05) is 25.6 Å². The first-order chi connectivity index (χ1) is 9.12. The molecule has 1 rings (SSSR count). The van der Waals surface area contributed by atoms with Crippen LogP contribution in [0, 0.1) is 0 Å². The lowest BCUT2D eigenvalue weighted by Crippen LogP contribution is -2.27. The van der Waals surface area contributed by atoms with Gasteiger partial charge in [0.25, 0.3) is 0 Å². The van der Waals surface area contributed by atoms with Gasteiger partial charge in [-0.15, -0.1) is 0 Å². The average molecular weight is 267 g/mol. The number of rotatable bonds is 7. The molecule has 5 nitrogen and oxygen atoms in total. The Hall–Kier alpha value is -1.91. The van der Waals surface area contributed by atoms with Crippen molar-refractivity contribution < 1.29 is 19.0 Å². The summed E-state index contributed by atoms with van der Waals surface area (Å²) in [6.45, 7) is 6.69. The van der Waals surface area contributed by atoms with E-state index >= 15 is 0 Å². The molecule has 0 radical (unpaired) electrons. The minimum absolute atomic E-state index is 0.329. The van der Waals surface area contributed by atoms with Crippen molar-refractivity contribution in [1.82, 2.24) is 0 Å². The molecule has 5 heteroatoms. The molecule has 0 saturated heterocycles. The maximum absolute atomic E-state index is 11.4. The Morgan fingerprint density at radius 3 is 2.53 bits per heavy atom. The molecule has 0 amide bonds. The van der Waals surface area contributed by atoms with E-state index in [1.54, 1.807) is 6.92 Å². The average Bonchev–Trinajstić information content (AvgIpc) is 2.41. The first kappa shape index (κ1) is 15.1. The Labute approximate surface area is 113 Å². The van der Waals surface area contributed by atoms with Crippen LogP contribution in [0.25, 0.3) is 0 Å². The lowest BCUT2D eigenvalue weighted by atomic mass is 10.2. The van der Waals surface area contributed by atoms with Gasteiger partial charge < -0.3 is 19.5 Å². The van der Waals surface area contributed by atoms with Gasteiger partial charge in [0.1, 0.15) is 17.5 Å². The molecular formula is C14H21NO4. The SMILES string of the molecule is CCOc1ccc(OCC)c(NC(C)C(=O)OC)c1. The smallest absolute Gasteiger partial charge is 0.327 e. The third kappa shape index (κ3) is 4.35. The molecule has 1 unspecified atom stereocenters. The summed E-state index contributed by atoms with van der Waals surface area (Å²) in [6.07, 6.45) is 0. The van der Waals surface area contributed by atoms with Crippen LogP contribution in [0.15, 0.2) is 18.2 Å². The molecule has 0 aromatic heterocycles. The highest BCUT2D eigenvalue weighted by molar-refractivity contribution is 5.79. The van der Waals surface area contributed by atoms with Gasteiger partial charge in [0.15, 0.2) is 0 Å².